The van der Waals surface area contributed by atoms with E-state index in [9.17, 15) is 0 Å². The highest BCUT2D eigenvalue weighted by Crippen LogP contribution is 2.11. The zero-order chi connectivity index (χ0) is 14.2. The second kappa shape index (κ2) is 17.5. The summed E-state index contributed by atoms with van der Waals surface area (Å²) < 4.78 is 0. The zero-order valence-electron chi connectivity index (χ0n) is 11.7. The molecule has 2 atom stereocenters. The molecule has 0 rings (SSSR count). The van der Waals surface area contributed by atoms with Crippen molar-refractivity contribution in [3.63, 3.8) is 0 Å². The molecule has 0 heterocycles. The monoisotopic (exact) mass is 298 g/mol. The van der Waals surface area contributed by atoms with Gasteiger partial charge in [0.15, 0.2) is 0 Å². The summed E-state index contributed by atoms with van der Waals surface area (Å²) in [5, 5.41) is 18.1. The molecule has 0 aliphatic heterocycles. The molecule has 0 bridgehead atoms. The number of nitrogens with two attached hydrogens (primary N) is 2. The van der Waals surface area contributed by atoms with Crippen molar-refractivity contribution in [2.45, 2.75) is 38.0 Å². The van der Waals surface area contributed by atoms with Crippen LogP contribution in [0.15, 0.2) is 0 Å². The average Bonchev–Trinajstić information content (AvgIpc) is 2.41. The Kier molecular flexibility index (Phi) is 20.3. The fourth-order valence-corrected chi connectivity index (χ4v) is 2.61. The summed E-state index contributed by atoms with van der Waals surface area (Å²) in [6, 6.07) is 0. The quantitative estimate of drug-likeness (QED) is 0.448. The molecule has 0 aliphatic carbocycles. The summed E-state index contributed by atoms with van der Waals surface area (Å²) >= 11 is 3.46. The number of rotatable bonds is 10. The summed E-state index contributed by atoms with van der Waals surface area (Å²) in [4.78, 5) is 0. The topological polar surface area (TPSA) is 92.5 Å². The van der Waals surface area contributed by atoms with E-state index < -0.39 is 0 Å². The third-order valence-corrected chi connectivity index (χ3v) is 4.74. The molecule has 0 fully saturated rings. The fourth-order valence-electron chi connectivity index (χ4n) is 0.955. The van der Waals surface area contributed by atoms with Gasteiger partial charge in [0.1, 0.15) is 0 Å². The van der Waals surface area contributed by atoms with Crippen molar-refractivity contribution in [1.82, 2.24) is 0 Å². The van der Waals surface area contributed by atoms with Crippen LogP contribution in [0.25, 0.3) is 0 Å². The normalized spacial score (nSPS) is 13.7. The lowest BCUT2D eigenvalue weighted by Crippen LogP contribution is -2.11. The molecule has 18 heavy (non-hydrogen) atoms. The van der Waals surface area contributed by atoms with Crippen molar-refractivity contribution < 1.29 is 10.2 Å². The maximum Gasteiger partial charge on any atom is 0.0628 e. The van der Waals surface area contributed by atoms with Gasteiger partial charge in [0.2, 0.25) is 0 Å². The molecule has 6 N–H and O–H groups in total. The van der Waals surface area contributed by atoms with Gasteiger partial charge < -0.3 is 21.7 Å². The molecule has 0 aromatic heterocycles. The highest BCUT2D eigenvalue weighted by Gasteiger charge is 2.02. The molecule has 2 unspecified atom stereocenters. The molecule has 112 valence electrons. The van der Waals surface area contributed by atoms with Crippen LogP contribution in [-0.2, 0) is 0 Å². The van der Waals surface area contributed by atoms with Crippen LogP contribution in [0.4, 0.5) is 0 Å². The van der Waals surface area contributed by atoms with Gasteiger partial charge in [-0.3, -0.25) is 0 Å². The summed E-state index contributed by atoms with van der Waals surface area (Å²) in [5.41, 5.74) is 10.5. The second-order valence-electron chi connectivity index (χ2n) is 3.80. The minimum absolute atomic E-state index is 0.137. The highest BCUT2D eigenvalue weighted by atomic mass is 32.2. The summed E-state index contributed by atoms with van der Waals surface area (Å²) in [7, 11) is 0. The number of aliphatic hydroxyl groups excluding tert-OH is 2. The number of aliphatic hydroxyl groups is 2. The third kappa shape index (κ3) is 16.5. The number of thioether (sulfide) groups is 2. The van der Waals surface area contributed by atoms with Gasteiger partial charge >= 0.3 is 0 Å². The molecule has 0 amide bonds. The van der Waals surface area contributed by atoms with Crippen LogP contribution >= 0.6 is 23.5 Å². The molecule has 6 heteroatoms. The molecule has 0 radical (unpaired) electrons. The van der Waals surface area contributed by atoms with Gasteiger partial charge in [-0.15, -0.1) is 0 Å². The SMILES string of the molecule is CCC(CO)SCCN.CCC(O)CSCCN. The van der Waals surface area contributed by atoms with E-state index in [1.807, 2.05) is 6.92 Å². The predicted molar refractivity (Wildman–Crippen MR) is 85.4 cm³/mol. The van der Waals surface area contributed by atoms with E-state index in [0.717, 1.165) is 30.1 Å². The molecule has 0 saturated heterocycles. The van der Waals surface area contributed by atoms with E-state index in [4.69, 9.17) is 21.7 Å². The zero-order valence-corrected chi connectivity index (χ0v) is 13.3. The minimum atomic E-state index is -0.137. The molecule has 0 spiro atoms. The first-order valence-corrected chi connectivity index (χ1v) is 8.74. The summed E-state index contributed by atoms with van der Waals surface area (Å²) in [5.74, 6) is 2.74. The van der Waals surface area contributed by atoms with Gasteiger partial charge in [0, 0.05) is 35.6 Å². The Balaban J connectivity index is 0. The van der Waals surface area contributed by atoms with Crippen LogP contribution in [0.1, 0.15) is 26.7 Å². The Hall–Kier alpha value is 0.540. The van der Waals surface area contributed by atoms with Crippen LogP contribution in [0.5, 0.6) is 0 Å². The highest BCUT2D eigenvalue weighted by molar-refractivity contribution is 8.00. The van der Waals surface area contributed by atoms with Crippen molar-refractivity contribution in [3.8, 4) is 0 Å². The molecular weight excluding hydrogens is 268 g/mol. The van der Waals surface area contributed by atoms with E-state index in [0.29, 0.717) is 18.3 Å². The van der Waals surface area contributed by atoms with Gasteiger partial charge in [-0.2, -0.15) is 23.5 Å². The number of hydrogen-bond donors (Lipinski definition) is 4. The van der Waals surface area contributed by atoms with Crippen LogP contribution in [-0.4, -0.2) is 58.5 Å². The average molecular weight is 299 g/mol. The first kappa shape index (κ1) is 20.8. The van der Waals surface area contributed by atoms with Crippen LogP contribution < -0.4 is 11.5 Å². The van der Waals surface area contributed by atoms with Crippen molar-refractivity contribution in [1.29, 1.82) is 0 Å². The van der Waals surface area contributed by atoms with Gasteiger partial charge in [0.25, 0.3) is 0 Å². The summed E-state index contributed by atoms with van der Waals surface area (Å²) in [6.45, 7) is 5.75. The maximum absolute atomic E-state index is 9.02. The van der Waals surface area contributed by atoms with Crippen molar-refractivity contribution >= 4 is 23.5 Å². The van der Waals surface area contributed by atoms with E-state index in [2.05, 4.69) is 6.92 Å². The standard InChI is InChI=1S/2C6H15NOS/c1-2-6(8)5-9-4-3-7;1-2-6(5-8)9-4-3-7/h2*6,8H,2-5,7H2,1H3. The largest absolute Gasteiger partial charge is 0.395 e. The molecule has 0 saturated carbocycles. The lowest BCUT2D eigenvalue weighted by molar-refractivity contribution is 0.195. The van der Waals surface area contributed by atoms with E-state index in [-0.39, 0.29) is 12.7 Å². The van der Waals surface area contributed by atoms with Gasteiger partial charge in [-0.05, 0) is 12.8 Å². The smallest absolute Gasteiger partial charge is 0.0628 e. The lowest BCUT2D eigenvalue weighted by Gasteiger charge is -2.08. The van der Waals surface area contributed by atoms with E-state index in [1.54, 1.807) is 23.5 Å². The predicted octanol–water partition coefficient (Wildman–Crippen LogP) is 0.898. The number of hydrogen-bond acceptors (Lipinski definition) is 6. The molecular formula is C12H30N2O2S2. The maximum atomic E-state index is 9.02. The van der Waals surface area contributed by atoms with Crippen molar-refractivity contribution in [2.75, 3.05) is 37.0 Å². The first-order chi connectivity index (χ1) is 8.65. The second-order valence-corrected chi connectivity index (χ2v) is 6.36. The molecule has 0 aromatic carbocycles. The van der Waals surface area contributed by atoms with E-state index >= 15 is 0 Å². The fraction of sp³-hybridized carbons (Fsp3) is 1.00. The Morgan fingerprint density at radius 1 is 1.06 bits per heavy atom. The van der Waals surface area contributed by atoms with Crippen molar-refractivity contribution in [2.24, 2.45) is 11.5 Å². The van der Waals surface area contributed by atoms with Gasteiger partial charge in [-0.25, -0.2) is 0 Å². The minimum Gasteiger partial charge on any atom is -0.395 e. The van der Waals surface area contributed by atoms with Crippen LogP contribution in [0.3, 0.4) is 0 Å². The van der Waals surface area contributed by atoms with Crippen molar-refractivity contribution in [3.05, 3.63) is 0 Å². The third-order valence-electron chi connectivity index (χ3n) is 2.17. The van der Waals surface area contributed by atoms with Gasteiger partial charge in [-0.1, -0.05) is 13.8 Å². The molecule has 0 aromatic rings. The van der Waals surface area contributed by atoms with Gasteiger partial charge in [0.05, 0.1) is 12.7 Å². The van der Waals surface area contributed by atoms with Crippen LogP contribution in [0.2, 0.25) is 0 Å². The Labute approximate surface area is 120 Å². The first-order valence-electron chi connectivity index (χ1n) is 6.54. The Morgan fingerprint density at radius 2 is 1.67 bits per heavy atom. The van der Waals surface area contributed by atoms with Crippen LogP contribution in [0, 0.1) is 0 Å². The Morgan fingerprint density at radius 3 is 2.06 bits per heavy atom. The molecule has 4 nitrogen and oxygen atoms in total. The summed E-state index contributed by atoms with van der Waals surface area (Å²) in [6.07, 6.45) is 1.74. The Bertz CT molecular complexity index is 150. The molecule has 0 aliphatic rings. The van der Waals surface area contributed by atoms with E-state index in [1.165, 1.54) is 0 Å². The lowest BCUT2D eigenvalue weighted by atomic mass is 10.3.